The summed E-state index contributed by atoms with van der Waals surface area (Å²) in [4.78, 5) is 1.26. The van der Waals surface area contributed by atoms with Crippen molar-refractivity contribution in [2.75, 3.05) is 0 Å². The molecule has 0 aliphatic rings. The number of hydrogen-bond donors (Lipinski definition) is 0. The van der Waals surface area contributed by atoms with E-state index in [2.05, 4.69) is 48.6 Å². The van der Waals surface area contributed by atoms with Crippen molar-refractivity contribution in [1.82, 2.24) is 4.37 Å². The summed E-state index contributed by atoms with van der Waals surface area (Å²) in [7, 11) is 0. The zero-order valence-electron chi connectivity index (χ0n) is 7.74. The monoisotopic (exact) mass is 189 g/mol. The first kappa shape index (κ1) is 8.45. The molecule has 13 heavy (non-hydrogen) atoms. The number of aryl methyl sites for hydroxylation is 2. The Morgan fingerprint density at radius 3 is 2.62 bits per heavy atom. The van der Waals surface area contributed by atoms with Crippen LogP contribution < -0.4 is 0 Å². The van der Waals surface area contributed by atoms with Crippen LogP contribution >= 0.6 is 11.5 Å². The largest absolute Gasteiger partial charge is 0.192 e. The van der Waals surface area contributed by atoms with Crippen molar-refractivity contribution in [3.05, 3.63) is 40.8 Å². The topological polar surface area (TPSA) is 12.9 Å². The molecule has 0 saturated carbocycles. The molecule has 0 saturated heterocycles. The summed E-state index contributed by atoms with van der Waals surface area (Å²) in [5.41, 5.74) is 3.58. The lowest BCUT2D eigenvalue weighted by Crippen LogP contribution is -1.77. The molecule has 66 valence electrons. The van der Waals surface area contributed by atoms with E-state index in [1.807, 2.05) is 0 Å². The van der Waals surface area contributed by atoms with E-state index >= 15 is 0 Å². The third kappa shape index (κ3) is 1.78. The minimum Gasteiger partial charge on any atom is -0.192 e. The Kier molecular flexibility index (Phi) is 2.15. The van der Waals surface area contributed by atoms with Crippen LogP contribution in [-0.2, 0) is 0 Å². The van der Waals surface area contributed by atoms with Crippen molar-refractivity contribution in [2.24, 2.45) is 0 Å². The highest BCUT2D eigenvalue weighted by molar-refractivity contribution is 7.05. The van der Waals surface area contributed by atoms with Crippen molar-refractivity contribution >= 4 is 11.5 Å². The minimum atomic E-state index is 1.09. The van der Waals surface area contributed by atoms with Gasteiger partial charge in [-0.2, -0.15) is 4.37 Å². The van der Waals surface area contributed by atoms with Crippen molar-refractivity contribution in [3.8, 4) is 11.3 Å². The first-order valence-electron chi connectivity index (χ1n) is 4.26. The normalized spacial score (nSPS) is 10.3. The van der Waals surface area contributed by atoms with Crippen molar-refractivity contribution in [1.29, 1.82) is 0 Å². The molecule has 2 aromatic rings. The van der Waals surface area contributed by atoms with Crippen LogP contribution in [0.4, 0.5) is 0 Å². The first-order valence-corrected chi connectivity index (χ1v) is 5.03. The molecule has 0 atom stereocenters. The van der Waals surface area contributed by atoms with E-state index < -0.39 is 0 Å². The van der Waals surface area contributed by atoms with E-state index in [1.165, 1.54) is 16.0 Å². The molecule has 0 spiro atoms. The van der Waals surface area contributed by atoms with Gasteiger partial charge < -0.3 is 0 Å². The molecule has 1 aromatic carbocycles. The molecule has 1 aromatic heterocycles. The van der Waals surface area contributed by atoms with Crippen LogP contribution in [0.2, 0.25) is 0 Å². The highest BCUT2D eigenvalue weighted by Gasteiger charge is 2.00. The number of benzene rings is 1. The summed E-state index contributed by atoms with van der Waals surface area (Å²) in [5, 5.41) is 0. The van der Waals surface area contributed by atoms with Crippen molar-refractivity contribution in [2.45, 2.75) is 13.8 Å². The van der Waals surface area contributed by atoms with Gasteiger partial charge in [-0.15, -0.1) is 0 Å². The van der Waals surface area contributed by atoms with Crippen molar-refractivity contribution < 1.29 is 0 Å². The van der Waals surface area contributed by atoms with Crippen LogP contribution in [0, 0.1) is 13.8 Å². The van der Waals surface area contributed by atoms with E-state index in [4.69, 9.17) is 0 Å². The average molecular weight is 189 g/mol. The minimum absolute atomic E-state index is 1.09. The molecule has 1 heterocycles. The van der Waals surface area contributed by atoms with Crippen LogP contribution in [0.1, 0.15) is 10.4 Å². The molecular weight excluding hydrogens is 178 g/mol. The highest BCUT2D eigenvalue weighted by Crippen LogP contribution is 2.21. The maximum atomic E-state index is 4.37. The van der Waals surface area contributed by atoms with Gasteiger partial charge in [0.1, 0.15) is 0 Å². The highest BCUT2D eigenvalue weighted by atomic mass is 32.1. The van der Waals surface area contributed by atoms with Crippen LogP contribution in [0.3, 0.4) is 0 Å². The lowest BCUT2D eigenvalue weighted by Gasteiger charge is -1.96. The third-order valence-electron chi connectivity index (χ3n) is 1.94. The van der Waals surface area contributed by atoms with Crippen LogP contribution in [0.25, 0.3) is 11.3 Å². The van der Waals surface area contributed by atoms with E-state index in [0.29, 0.717) is 0 Å². The van der Waals surface area contributed by atoms with E-state index in [0.717, 1.165) is 5.69 Å². The molecule has 2 heteroatoms. The summed E-state index contributed by atoms with van der Waals surface area (Å²) in [6.45, 7) is 4.18. The Hall–Kier alpha value is -1.15. The smallest absolute Gasteiger partial charge is 0.0843 e. The van der Waals surface area contributed by atoms with Crippen LogP contribution in [0.15, 0.2) is 30.3 Å². The third-order valence-corrected chi connectivity index (χ3v) is 2.64. The van der Waals surface area contributed by atoms with Gasteiger partial charge >= 0.3 is 0 Å². The van der Waals surface area contributed by atoms with E-state index in [-0.39, 0.29) is 0 Å². The van der Waals surface area contributed by atoms with Gasteiger partial charge in [-0.05, 0) is 37.5 Å². The number of rotatable bonds is 1. The number of nitrogens with zero attached hydrogens (tertiary/aromatic N) is 1. The lowest BCUT2D eigenvalue weighted by molar-refractivity contribution is 1.44. The molecule has 2 rings (SSSR count). The summed E-state index contributed by atoms with van der Waals surface area (Å²) < 4.78 is 4.37. The standard InChI is InChI=1S/C11H11NS/c1-8-4-3-5-10(6-8)11-7-9(2)13-12-11/h3-7H,1-2H3. The van der Waals surface area contributed by atoms with Crippen LogP contribution in [-0.4, -0.2) is 4.37 Å². The fraction of sp³-hybridized carbons (Fsp3) is 0.182. The second-order valence-corrected chi connectivity index (χ2v) is 4.20. The SMILES string of the molecule is Cc1cccc(-c2cc(C)sn2)c1. The Labute approximate surface area is 82.2 Å². The summed E-state index contributed by atoms with van der Waals surface area (Å²) in [6.07, 6.45) is 0. The maximum Gasteiger partial charge on any atom is 0.0843 e. The predicted molar refractivity (Wildman–Crippen MR) is 57.0 cm³/mol. The number of aromatic nitrogens is 1. The fourth-order valence-electron chi connectivity index (χ4n) is 1.31. The quantitative estimate of drug-likeness (QED) is 0.669. The molecule has 0 aliphatic heterocycles. The Bertz CT molecular complexity index is 418. The molecule has 1 nitrogen and oxygen atoms in total. The van der Waals surface area contributed by atoms with Gasteiger partial charge in [0.25, 0.3) is 0 Å². The second-order valence-electron chi connectivity index (χ2n) is 3.19. The van der Waals surface area contributed by atoms with Gasteiger partial charge in [-0.25, -0.2) is 0 Å². The van der Waals surface area contributed by atoms with Gasteiger partial charge in [0.2, 0.25) is 0 Å². The molecule has 0 fully saturated rings. The molecule has 0 radical (unpaired) electrons. The average Bonchev–Trinajstić information content (AvgIpc) is 2.52. The summed E-state index contributed by atoms with van der Waals surface area (Å²) in [6, 6.07) is 10.6. The predicted octanol–water partition coefficient (Wildman–Crippen LogP) is 3.43. The summed E-state index contributed by atoms with van der Waals surface area (Å²) >= 11 is 1.56. The van der Waals surface area contributed by atoms with E-state index in [1.54, 1.807) is 11.5 Å². The fourth-order valence-corrected chi connectivity index (χ4v) is 1.87. The van der Waals surface area contributed by atoms with Gasteiger partial charge in [0, 0.05) is 10.4 Å². The maximum absolute atomic E-state index is 4.37. The lowest BCUT2D eigenvalue weighted by atomic mass is 10.1. The molecule has 0 unspecified atom stereocenters. The molecule has 0 N–H and O–H groups in total. The zero-order valence-corrected chi connectivity index (χ0v) is 8.56. The van der Waals surface area contributed by atoms with E-state index in [9.17, 15) is 0 Å². The van der Waals surface area contributed by atoms with Gasteiger partial charge in [0.05, 0.1) is 5.69 Å². The zero-order chi connectivity index (χ0) is 9.26. The summed E-state index contributed by atoms with van der Waals surface area (Å²) in [5.74, 6) is 0. The Morgan fingerprint density at radius 2 is 2.00 bits per heavy atom. The Balaban J connectivity index is 2.46. The molecule has 0 aliphatic carbocycles. The van der Waals surface area contributed by atoms with Crippen molar-refractivity contribution in [3.63, 3.8) is 0 Å². The molecule has 0 amide bonds. The van der Waals surface area contributed by atoms with Gasteiger partial charge in [0.15, 0.2) is 0 Å². The van der Waals surface area contributed by atoms with Gasteiger partial charge in [-0.3, -0.25) is 0 Å². The van der Waals surface area contributed by atoms with Crippen LogP contribution in [0.5, 0.6) is 0 Å². The Morgan fingerprint density at radius 1 is 1.15 bits per heavy atom. The molecule has 0 bridgehead atoms. The number of hydrogen-bond acceptors (Lipinski definition) is 2. The first-order chi connectivity index (χ1) is 6.25. The molecular formula is C11H11NS. The second kappa shape index (κ2) is 3.30. The van der Waals surface area contributed by atoms with Gasteiger partial charge in [-0.1, -0.05) is 23.8 Å².